The van der Waals surface area contributed by atoms with Gasteiger partial charge in [0, 0.05) is 12.6 Å². The summed E-state index contributed by atoms with van der Waals surface area (Å²) in [6.45, 7) is 4.87. The van der Waals surface area contributed by atoms with Crippen LogP contribution in [0.3, 0.4) is 0 Å². The minimum atomic E-state index is 0.161. The first-order valence-corrected chi connectivity index (χ1v) is 7.06. The average molecular weight is 265 g/mol. The summed E-state index contributed by atoms with van der Waals surface area (Å²) in [6.07, 6.45) is 5.63. The van der Waals surface area contributed by atoms with Crippen molar-refractivity contribution in [2.75, 3.05) is 24.3 Å². The molecule has 0 unspecified atom stereocenters. The van der Waals surface area contributed by atoms with Crippen molar-refractivity contribution in [1.82, 2.24) is 15.0 Å². The third kappa shape index (κ3) is 3.24. The van der Waals surface area contributed by atoms with Crippen LogP contribution in [0.1, 0.15) is 46.0 Å². The Labute approximate surface area is 114 Å². The fourth-order valence-electron chi connectivity index (χ4n) is 2.19. The van der Waals surface area contributed by atoms with Gasteiger partial charge in [-0.3, -0.25) is 0 Å². The van der Waals surface area contributed by atoms with Crippen LogP contribution < -0.4 is 15.4 Å². The molecule has 19 heavy (non-hydrogen) atoms. The lowest BCUT2D eigenvalue weighted by molar-refractivity contribution is 0.265. The zero-order valence-electron chi connectivity index (χ0n) is 12.0. The van der Waals surface area contributed by atoms with Crippen molar-refractivity contribution >= 4 is 11.9 Å². The van der Waals surface area contributed by atoms with E-state index in [9.17, 15) is 0 Å². The Morgan fingerprint density at radius 3 is 2.42 bits per heavy atom. The van der Waals surface area contributed by atoms with Crippen molar-refractivity contribution in [2.24, 2.45) is 0 Å². The lowest BCUT2D eigenvalue weighted by Crippen LogP contribution is -2.44. The van der Waals surface area contributed by atoms with Crippen LogP contribution in [-0.2, 0) is 0 Å². The van der Waals surface area contributed by atoms with Gasteiger partial charge in [0.15, 0.2) is 0 Å². The second-order valence-electron chi connectivity index (χ2n) is 4.98. The molecule has 0 amide bonds. The highest BCUT2D eigenvalue weighted by Crippen LogP contribution is 2.37. The maximum absolute atomic E-state index is 5.50. The molecule has 6 heteroatoms. The zero-order valence-corrected chi connectivity index (χ0v) is 12.0. The van der Waals surface area contributed by atoms with Gasteiger partial charge in [-0.2, -0.15) is 15.0 Å². The van der Waals surface area contributed by atoms with Gasteiger partial charge in [-0.15, -0.1) is 0 Å². The van der Waals surface area contributed by atoms with E-state index >= 15 is 0 Å². The Morgan fingerprint density at radius 1 is 1.16 bits per heavy atom. The largest absolute Gasteiger partial charge is 0.463 e. The van der Waals surface area contributed by atoms with Crippen LogP contribution in [0.5, 0.6) is 6.01 Å². The summed E-state index contributed by atoms with van der Waals surface area (Å²) < 4.78 is 5.50. The standard InChI is InChI=1S/C13H23N5O/c1-4-9-19-12-16-10(14-3)15-11(17-12)18-13(5-2)7-6-8-13/h4-9H2,1-3H3,(H2,14,15,16,17,18). The second kappa shape index (κ2) is 6.04. The number of aromatic nitrogens is 3. The van der Waals surface area contributed by atoms with Crippen molar-refractivity contribution < 1.29 is 4.74 Å². The van der Waals surface area contributed by atoms with Crippen LogP contribution in [0.2, 0.25) is 0 Å². The maximum atomic E-state index is 5.50. The number of ether oxygens (including phenoxy) is 1. The first kappa shape index (κ1) is 13.8. The van der Waals surface area contributed by atoms with E-state index < -0.39 is 0 Å². The predicted octanol–water partition coefficient (Wildman–Crippen LogP) is 2.45. The summed E-state index contributed by atoms with van der Waals surface area (Å²) in [7, 11) is 1.79. The average Bonchev–Trinajstić information content (AvgIpc) is 2.40. The number of rotatable bonds is 7. The summed E-state index contributed by atoms with van der Waals surface area (Å²) >= 11 is 0. The lowest BCUT2D eigenvalue weighted by Gasteiger charge is -2.41. The monoisotopic (exact) mass is 265 g/mol. The molecule has 1 aliphatic rings. The van der Waals surface area contributed by atoms with E-state index in [4.69, 9.17) is 4.74 Å². The molecular weight excluding hydrogens is 242 g/mol. The van der Waals surface area contributed by atoms with Gasteiger partial charge in [-0.05, 0) is 32.1 Å². The molecule has 1 saturated carbocycles. The van der Waals surface area contributed by atoms with Gasteiger partial charge < -0.3 is 15.4 Å². The maximum Gasteiger partial charge on any atom is 0.323 e. The molecule has 1 aromatic rings. The van der Waals surface area contributed by atoms with E-state index in [1.165, 1.54) is 19.3 Å². The molecule has 1 heterocycles. The summed E-state index contributed by atoms with van der Waals surface area (Å²) in [4.78, 5) is 12.9. The van der Waals surface area contributed by atoms with Gasteiger partial charge in [0.2, 0.25) is 11.9 Å². The molecule has 0 radical (unpaired) electrons. The van der Waals surface area contributed by atoms with Gasteiger partial charge in [0.25, 0.3) is 0 Å². The van der Waals surface area contributed by atoms with Crippen molar-refractivity contribution in [3.8, 4) is 6.01 Å². The van der Waals surface area contributed by atoms with Crippen molar-refractivity contribution in [2.45, 2.75) is 51.5 Å². The Morgan fingerprint density at radius 2 is 1.89 bits per heavy atom. The first-order chi connectivity index (χ1) is 9.21. The second-order valence-corrected chi connectivity index (χ2v) is 4.98. The lowest BCUT2D eigenvalue weighted by atomic mass is 9.75. The molecule has 6 nitrogen and oxygen atoms in total. The number of nitrogens with one attached hydrogen (secondary N) is 2. The fraction of sp³-hybridized carbons (Fsp3) is 0.769. The third-order valence-electron chi connectivity index (χ3n) is 3.64. The smallest absolute Gasteiger partial charge is 0.323 e. The number of hydrogen-bond acceptors (Lipinski definition) is 6. The summed E-state index contributed by atoms with van der Waals surface area (Å²) in [6, 6.07) is 0.384. The van der Waals surface area contributed by atoms with Crippen LogP contribution in [0.4, 0.5) is 11.9 Å². The quantitative estimate of drug-likeness (QED) is 0.789. The first-order valence-electron chi connectivity index (χ1n) is 7.06. The van der Waals surface area contributed by atoms with E-state index in [1.807, 2.05) is 0 Å². The normalized spacial score (nSPS) is 16.6. The molecule has 2 N–H and O–H groups in total. The van der Waals surface area contributed by atoms with Crippen LogP contribution >= 0.6 is 0 Å². The van der Waals surface area contributed by atoms with E-state index in [2.05, 4.69) is 39.4 Å². The molecule has 106 valence electrons. The molecule has 1 fully saturated rings. The van der Waals surface area contributed by atoms with Gasteiger partial charge in [-0.25, -0.2) is 0 Å². The van der Waals surface area contributed by atoms with Crippen molar-refractivity contribution in [1.29, 1.82) is 0 Å². The molecular formula is C13H23N5O. The highest BCUT2D eigenvalue weighted by molar-refractivity contribution is 5.38. The van der Waals surface area contributed by atoms with E-state index in [1.54, 1.807) is 7.05 Å². The fourth-order valence-corrected chi connectivity index (χ4v) is 2.19. The Kier molecular flexibility index (Phi) is 4.39. The van der Waals surface area contributed by atoms with E-state index in [-0.39, 0.29) is 5.54 Å². The molecule has 0 bridgehead atoms. The Bertz CT molecular complexity index is 414. The SMILES string of the molecule is CCCOc1nc(NC)nc(NC2(CC)CCC2)n1. The topological polar surface area (TPSA) is 72.0 Å². The van der Waals surface area contributed by atoms with Crippen LogP contribution in [0.25, 0.3) is 0 Å². The summed E-state index contributed by atoms with van der Waals surface area (Å²) in [5.74, 6) is 1.14. The molecule has 0 aliphatic heterocycles. The van der Waals surface area contributed by atoms with Crippen molar-refractivity contribution in [3.63, 3.8) is 0 Å². The highest BCUT2D eigenvalue weighted by atomic mass is 16.5. The van der Waals surface area contributed by atoms with E-state index in [0.29, 0.717) is 24.5 Å². The third-order valence-corrected chi connectivity index (χ3v) is 3.64. The molecule has 0 atom stereocenters. The van der Waals surface area contributed by atoms with Gasteiger partial charge >= 0.3 is 6.01 Å². The molecule has 0 spiro atoms. The molecule has 0 aromatic carbocycles. The van der Waals surface area contributed by atoms with E-state index in [0.717, 1.165) is 12.8 Å². The van der Waals surface area contributed by atoms with Gasteiger partial charge in [0.05, 0.1) is 6.61 Å². The Balaban J connectivity index is 2.14. The zero-order chi connectivity index (χ0) is 13.7. The van der Waals surface area contributed by atoms with Gasteiger partial charge in [-0.1, -0.05) is 13.8 Å². The molecule has 1 aliphatic carbocycles. The van der Waals surface area contributed by atoms with Gasteiger partial charge in [0.1, 0.15) is 0 Å². The molecule has 2 rings (SSSR count). The van der Waals surface area contributed by atoms with Crippen LogP contribution in [0, 0.1) is 0 Å². The van der Waals surface area contributed by atoms with Crippen molar-refractivity contribution in [3.05, 3.63) is 0 Å². The van der Waals surface area contributed by atoms with Crippen LogP contribution in [0.15, 0.2) is 0 Å². The highest BCUT2D eigenvalue weighted by Gasteiger charge is 2.35. The minimum Gasteiger partial charge on any atom is -0.463 e. The molecule has 0 saturated heterocycles. The van der Waals surface area contributed by atoms with Crippen LogP contribution in [-0.4, -0.2) is 34.1 Å². The predicted molar refractivity (Wildman–Crippen MR) is 75.7 cm³/mol. The Hall–Kier alpha value is -1.59. The molecule has 1 aromatic heterocycles. The number of anilines is 2. The number of nitrogens with zero attached hydrogens (tertiary/aromatic N) is 3. The number of hydrogen-bond donors (Lipinski definition) is 2. The summed E-state index contributed by atoms with van der Waals surface area (Å²) in [5, 5.41) is 6.39. The summed E-state index contributed by atoms with van der Waals surface area (Å²) in [5.41, 5.74) is 0.161. The minimum absolute atomic E-state index is 0.161.